The summed E-state index contributed by atoms with van der Waals surface area (Å²) < 4.78 is 55.3. The van der Waals surface area contributed by atoms with Crippen molar-refractivity contribution in [2.75, 3.05) is 0 Å². The zero-order valence-corrected chi connectivity index (χ0v) is 9.45. The molecule has 0 amide bonds. The van der Waals surface area contributed by atoms with Gasteiger partial charge in [0.2, 0.25) is 0 Å². The maximum atomic E-state index is 13.0. The van der Waals surface area contributed by atoms with Crippen LogP contribution in [0.25, 0.3) is 0 Å². The quantitative estimate of drug-likeness (QED) is 0.444. The Bertz CT molecular complexity index is 298. The highest BCUT2D eigenvalue weighted by Crippen LogP contribution is 2.46. The lowest BCUT2D eigenvalue weighted by Crippen LogP contribution is -2.41. The Kier molecular flexibility index (Phi) is 3.18. The minimum atomic E-state index is -4.64. The van der Waals surface area contributed by atoms with Crippen LogP contribution in [0.15, 0.2) is 0 Å². The number of hydrogen-bond acceptors (Lipinski definition) is 2. The Labute approximate surface area is 94.9 Å². The van der Waals surface area contributed by atoms with Gasteiger partial charge in [0.15, 0.2) is 0 Å². The summed E-state index contributed by atoms with van der Waals surface area (Å²) in [5.74, 6) is -5.06. The minimum Gasteiger partial charge on any atom is -0.462 e. The summed E-state index contributed by atoms with van der Waals surface area (Å²) in [5.41, 5.74) is -0.886. The molecule has 0 aromatic heterocycles. The number of halogens is 5. The number of ether oxygens (including phenoxy) is 1. The van der Waals surface area contributed by atoms with E-state index in [4.69, 9.17) is 0 Å². The fourth-order valence-corrected chi connectivity index (χ4v) is 1.59. The first-order chi connectivity index (χ1) is 6.96. The van der Waals surface area contributed by atoms with Gasteiger partial charge in [0.25, 0.3) is 0 Å². The van der Waals surface area contributed by atoms with E-state index >= 15 is 0 Å². The van der Waals surface area contributed by atoms with Crippen molar-refractivity contribution in [3.63, 3.8) is 0 Å². The van der Waals surface area contributed by atoms with E-state index in [2.05, 4.69) is 16.3 Å². The Hall–Kier alpha value is -0.520. The molecule has 0 aromatic carbocycles. The Morgan fingerprint density at radius 3 is 2.25 bits per heavy atom. The SMILES string of the molecule is CC1(C)CC(=O)OC1CC(F)(F)C(F)(F)Cl. The molecule has 1 atom stereocenters. The fourth-order valence-electron chi connectivity index (χ4n) is 1.51. The Morgan fingerprint density at radius 1 is 1.44 bits per heavy atom. The van der Waals surface area contributed by atoms with Crippen LogP contribution in [0.2, 0.25) is 0 Å². The van der Waals surface area contributed by atoms with Crippen molar-refractivity contribution < 1.29 is 27.1 Å². The predicted molar refractivity (Wildman–Crippen MR) is 48.6 cm³/mol. The summed E-state index contributed by atoms with van der Waals surface area (Å²) in [6, 6.07) is 0. The first-order valence-corrected chi connectivity index (χ1v) is 4.97. The second kappa shape index (κ2) is 3.75. The largest absolute Gasteiger partial charge is 0.462 e. The van der Waals surface area contributed by atoms with Crippen LogP contribution in [0.5, 0.6) is 0 Å². The number of esters is 1. The Morgan fingerprint density at radius 2 is 1.94 bits per heavy atom. The summed E-state index contributed by atoms with van der Waals surface area (Å²) in [7, 11) is 0. The van der Waals surface area contributed by atoms with Crippen molar-refractivity contribution in [3.05, 3.63) is 0 Å². The van der Waals surface area contributed by atoms with Crippen LogP contribution in [0, 0.1) is 5.41 Å². The maximum absolute atomic E-state index is 13.0. The Balaban J connectivity index is 2.79. The molecule has 1 heterocycles. The van der Waals surface area contributed by atoms with Crippen LogP contribution < -0.4 is 0 Å². The van der Waals surface area contributed by atoms with Gasteiger partial charge in [-0.2, -0.15) is 17.6 Å². The van der Waals surface area contributed by atoms with Crippen molar-refractivity contribution >= 4 is 17.6 Å². The second-order valence-electron chi connectivity index (χ2n) is 4.55. The van der Waals surface area contributed by atoms with E-state index in [0.717, 1.165) is 0 Å². The molecule has 0 aromatic rings. The average Bonchev–Trinajstić information content (AvgIpc) is 2.20. The lowest BCUT2D eigenvalue weighted by Gasteiger charge is -2.29. The highest BCUT2D eigenvalue weighted by Gasteiger charge is 2.59. The van der Waals surface area contributed by atoms with Crippen molar-refractivity contribution in [2.24, 2.45) is 5.41 Å². The van der Waals surface area contributed by atoms with E-state index in [-0.39, 0.29) is 6.42 Å². The predicted octanol–water partition coefficient (Wildman–Crippen LogP) is 3.19. The molecule has 1 aliphatic rings. The number of hydrogen-bond donors (Lipinski definition) is 0. The highest BCUT2D eigenvalue weighted by molar-refractivity contribution is 6.22. The van der Waals surface area contributed by atoms with Crippen LogP contribution in [0.3, 0.4) is 0 Å². The number of alkyl halides is 5. The molecule has 94 valence electrons. The van der Waals surface area contributed by atoms with Crippen LogP contribution in [-0.2, 0) is 9.53 Å². The van der Waals surface area contributed by atoms with E-state index in [9.17, 15) is 22.4 Å². The molecule has 1 fully saturated rings. The highest BCUT2D eigenvalue weighted by atomic mass is 35.5. The molecule has 0 radical (unpaired) electrons. The van der Waals surface area contributed by atoms with Crippen molar-refractivity contribution in [1.82, 2.24) is 0 Å². The molecule has 16 heavy (non-hydrogen) atoms. The van der Waals surface area contributed by atoms with E-state index in [1.165, 1.54) is 13.8 Å². The first-order valence-electron chi connectivity index (χ1n) is 4.60. The molecule has 0 N–H and O–H groups in total. The minimum absolute atomic E-state index is 0.0679. The monoisotopic (exact) mass is 262 g/mol. The zero-order chi connectivity index (χ0) is 12.8. The topological polar surface area (TPSA) is 26.3 Å². The third kappa shape index (κ3) is 2.59. The third-order valence-corrected chi connectivity index (χ3v) is 2.88. The van der Waals surface area contributed by atoms with E-state index in [0.29, 0.717) is 0 Å². The van der Waals surface area contributed by atoms with Gasteiger partial charge in [0, 0.05) is 5.41 Å². The van der Waals surface area contributed by atoms with Crippen LogP contribution in [-0.4, -0.2) is 23.4 Å². The lowest BCUT2D eigenvalue weighted by atomic mass is 9.83. The number of rotatable bonds is 3. The van der Waals surface area contributed by atoms with Gasteiger partial charge in [0.1, 0.15) is 6.10 Å². The van der Waals surface area contributed by atoms with Gasteiger partial charge < -0.3 is 4.74 Å². The van der Waals surface area contributed by atoms with Gasteiger partial charge >= 0.3 is 17.3 Å². The molecule has 7 heteroatoms. The summed E-state index contributed by atoms with van der Waals surface area (Å²) in [4.78, 5) is 10.9. The number of cyclic esters (lactones) is 1. The summed E-state index contributed by atoms with van der Waals surface area (Å²) >= 11 is 4.31. The second-order valence-corrected chi connectivity index (χ2v) is 5.02. The van der Waals surface area contributed by atoms with Crippen molar-refractivity contribution in [1.29, 1.82) is 0 Å². The van der Waals surface area contributed by atoms with E-state index in [1.807, 2.05) is 0 Å². The van der Waals surface area contributed by atoms with Gasteiger partial charge in [-0.05, 0) is 11.6 Å². The molecular weight excluding hydrogens is 252 g/mol. The van der Waals surface area contributed by atoms with Crippen molar-refractivity contribution in [2.45, 2.75) is 44.1 Å². The molecule has 0 saturated carbocycles. The molecule has 0 bridgehead atoms. The van der Waals surface area contributed by atoms with Crippen LogP contribution >= 0.6 is 11.6 Å². The van der Waals surface area contributed by atoms with E-state index < -0.39 is 35.2 Å². The summed E-state index contributed by atoms with van der Waals surface area (Å²) in [6.07, 6.45) is -2.59. The molecule has 2 nitrogen and oxygen atoms in total. The molecule has 1 saturated heterocycles. The standard InChI is InChI=1S/C9H11ClF4O2/c1-7(2)4-6(15)16-5(7)3-8(11,12)9(10,13)14/h5H,3-4H2,1-2H3. The third-order valence-electron chi connectivity index (χ3n) is 2.60. The van der Waals surface area contributed by atoms with Gasteiger partial charge in [-0.3, -0.25) is 4.79 Å². The summed E-state index contributed by atoms with van der Waals surface area (Å²) in [5, 5.41) is -4.64. The molecule has 1 rings (SSSR count). The van der Waals surface area contributed by atoms with Gasteiger partial charge in [-0.15, -0.1) is 0 Å². The molecule has 0 aliphatic carbocycles. The first kappa shape index (κ1) is 13.5. The number of carbonyl (C=O) groups excluding carboxylic acids is 1. The molecule has 1 unspecified atom stereocenters. The zero-order valence-electron chi connectivity index (χ0n) is 8.70. The van der Waals surface area contributed by atoms with Gasteiger partial charge in [0.05, 0.1) is 12.8 Å². The molecule has 0 spiro atoms. The molecular formula is C9H11ClF4O2. The average molecular weight is 263 g/mol. The lowest BCUT2D eigenvalue weighted by molar-refractivity contribution is -0.183. The number of carbonyl (C=O) groups is 1. The summed E-state index contributed by atoms with van der Waals surface area (Å²) in [6.45, 7) is 3.01. The normalized spacial score (nSPS) is 25.7. The van der Waals surface area contributed by atoms with E-state index in [1.54, 1.807) is 0 Å². The van der Waals surface area contributed by atoms with Gasteiger partial charge in [-0.1, -0.05) is 13.8 Å². The van der Waals surface area contributed by atoms with Crippen LogP contribution in [0.4, 0.5) is 17.6 Å². The van der Waals surface area contributed by atoms with Crippen LogP contribution in [0.1, 0.15) is 26.7 Å². The molecule has 1 aliphatic heterocycles. The van der Waals surface area contributed by atoms with Gasteiger partial charge in [-0.25, -0.2) is 0 Å². The fraction of sp³-hybridized carbons (Fsp3) is 0.889. The van der Waals surface area contributed by atoms with Crippen molar-refractivity contribution in [3.8, 4) is 0 Å². The maximum Gasteiger partial charge on any atom is 0.384 e. The smallest absolute Gasteiger partial charge is 0.384 e.